The monoisotopic (exact) mass is 344 g/mol. The molecule has 0 atom stereocenters. The topological polar surface area (TPSA) is 93.4 Å². The molecule has 7 nitrogen and oxygen atoms in total. The number of amides is 1. The van der Waals surface area contributed by atoms with Crippen LogP contribution >= 0.6 is 0 Å². The van der Waals surface area contributed by atoms with Crippen LogP contribution in [0.25, 0.3) is 5.65 Å². The van der Waals surface area contributed by atoms with Crippen LogP contribution < -0.4 is 5.32 Å². The van der Waals surface area contributed by atoms with E-state index in [9.17, 15) is 13.2 Å². The van der Waals surface area contributed by atoms with Gasteiger partial charge in [-0.05, 0) is 36.8 Å². The Morgan fingerprint density at radius 3 is 2.54 bits per heavy atom. The van der Waals surface area contributed by atoms with Gasteiger partial charge in [-0.1, -0.05) is 12.1 Å². The molecule has 0 aliphatic carbocycles. The number of nitrogens with one attached hydrogen (secondary N) is 1. The number of benzene rings is 1. The molecule has 0 radical (unpaired) electrons. The van der Waals surface area contributed by atoms with Gasteiger partial charge < -0.3 is 5.32 Å². The van der Waals surface area contributed by atoms with Gasteiger partial charge in [-0.2, -0.15) is 0 Å². The number of carbonyl (C=O) groups is 1. The molecule has 0 bridgehead atoms. The van der Waals surface area contributed by atoms with Crippen molar-refractivity contribution >= 4 is 21.4 Å². The SMILES string of the molecule is Cc1nnc2cc(C(=O)NCc3ccc(S(C)(=O)=O)cc3)ccn12. The van der Waals surface area contributed by atoms with E-state index in [1.165, 1.54) is 12.1 Å². The Labute approximate surface area is 139 Å². The maximum atomic E-state index is 12.2. The van der Waals surface area contributed by atoms with E-state index in [1.54, 1.807) is 34.9 Å². The van der Waals surface area contributed by atoms with Gasteiger partial charge >= 0.3 is 0 Å². The predicted octanol–water partition coefficient (Wildman–Crippen LogP) is 1.37. The summed E-state index contributed by atoms with van der Waals surface area (Å²) < 4.78 is 24.6. The van der Waals surface area contributed by atoms with Gasteiger partial charge in [-0.15, -0.1) is 10.2 Å². The Kier molecular flexibility index (Phi) is 4.06. The van der Waals surface area contributed by atoms with Gasteiger partial charge in [0.25, 0.3) is 5.91 Å². The van der Waals surface area contributed by atoms with E-state index in [0.717, 1.165) is 17.6 Å². The first-order valence-electron chi connectivity index (χ1n) is 7.23. The molecule has 1 aromatic carbocycles. The van der Waals surface area contributed by atoms with E-state index in [1.807, 2.05) is 6.92 Å². The fourth-order valence-corrected chi connectivity index (χ4v) is 2.92. The second-order valence-corrected chi connectivity index (χ2v) is 7.51. The molecule has 3 rings (SSSR count). The highest BCUT2D eigenvalue weighted by Gasteiger charge is 2.10. The average Bonchev–Trinajstić information content (AvgIpc) is 2.93. The fraction of sp³-hybridized carbons (Fsp3) is 0.188. The molecule has 0 spiro atoms. The third kappa shape index (κ3) is 3.28. The van der Waals surface area contributed by atoms with Crippen LogP contribution in [0.3, 0.4) is 0 Å². The van der Waals surface area contributed by atoms with Crippen molar-refractivity contribution in [2.75, 3.05) is 6.26 Å². The number of aromatic nitrogens is 3. The van der Waals surface area contributed by atoms with Crippen molar-refractivity contribution in [1.82, 2.24) is 19.9 Å². The molecule has 124 valence electrons. The van der Waals surface area contributed by atoms with Crippen LogP contribution in [0, 0.1) is 6.92 Å². The molecule has 2 heterocycles. The van der Waals surface area contributed by atoms with Crippen LogP contribution in [-0.4, -0.2) is 35.2 Å². The zero-order valence-electron chi connectivity index (χ0n) is 13.2. The fourth-order valence-electron chi connectivity index (χ4n) is 2.29. The standard InChI is InChI=1S/C16H16N4O3S/c1-11-18-19-15-9-13(7-8-20(11)15)16(21)17-10-12-3-5-14(6-4-12)24(2,22)23/h3-9H,10H2,1-2H3,(H,17,21). The highest BCUT2D eigenvalue weighted by molar-refractivity contribution is 7.90. The van der Waals surface area contributed by atoms with Crippen molar-refractivity contribution in [3.05, 3.63) is 59.5 Å². The molecule has 0 aliphatic rings. The van der Waals surface area contributed by atoms with Crippen LogP contribution in [0.2, 0.25) is 0 Å². The van der Waals surface area contributed by atoms with Gasteiger partial charge in [0.15, 0.2) is 15.5 Å². The molecule has 2 aromatic heterocycles. The molecular formula is C16H16N4O3S. The summed E-state index contributed by atoms with van der Waals surface area (Å²) in [5.74, 6) is 0.522. The molecule has 0 fully saturated rings. The van der Waals surface area contributed by atoms with Crippen LogP contribution in [-0.2, 0) is 16.4 Å². The van der Waals surface area contributed by atoms with Crippen LogP contribution in [0.4, 0.5) is 0 Å². The highest BCUT2D eigenvalue weighted by Crippen LogP contribution is 2.11. The summed E-state index contributed by atoms with van der Waals surface area (Å²) in [7, 11) is -3.22. The summed E-state index contributed by atoms with van der Waals surface area (Å²) in [6, 6.07) is 9.79. The predicted molar refractivity (Wildman–Crippen MR) is 88.4 cm³/mol. The number of hydrogen-bond acceptors (Lipinski definition) is 5. The van der Waals surface area contributed by atoms with E-state index in [-0.39, 0.29) is 10.8 Å². The van der Waals surface area contributed by atoms with Gasteiger partial charge in [0, 0.05) is 24.6 Å². The Morgan fingerprint density at radius 2 is 1.88 bits per heavy atom. The smallest absolute Gasteiger partial charge is 0.251 e. The molecule has 0 unspecified atom stereocenters. The van der Waals surface area contributed by atoms with Crippen LogP contribution in [0.1, 0.15) is 21.7 Å². The number of hydrogen-bond donors (Lipinski definition) is 1. The third-order valence-corrected chi connectivity index (χ3v) is 4.78. The lowest BCUT2D eigenvalue weighted by Gasteiger charge is -2.06. The van der Waals surface area contributed by atoms with E-state index in [4.69, 9.17) is 0 Å². The minimum atomic E-state index is -3.22. The number of sulfone groups is 1. The van der Waals surface area contributed by atoms with E-state index >= 15 is 0 Å². The van der Waals surface area contributed by atoms with Crippen molar-refractivity contribution in [3.63, 3.8) is 0 Å². The zero-order chi connectivity index (χ0) is 17.3. The maximum Gasteiger partial charge on any atom is 0.251 e. The zero-order valence-corrected chi connectivity index (χ0v) is 14.0. The van der Waals surface area contributed by atoms with E-state index < -0.39 is 9.84 Å². The van der Waals surface area contributed by atoms with Gasteiger partial charge in [0.1, 0.15) is 5.82 Å². The summed E-state index contributed by atoms with van der Waals surface area (Å²) in [4.78, 5) is 12.5. The molecule has 0 saturated heterocycles. The molecular weight excluding hydrogens is 328 g/mol. The first-order chi connectivity index (χ1) is 11.3. The Hall–Kier alpha value is -2.74. The van der Waals surface area contributed by atoms with Crippen molar-refractivity contribution < 1.29 is 13.2 Å². The van der Waals surface area contributed by atoms with Gasteiger partial charge in [0.2, 0.25) is 0 Å². The highest BCUT2D eigenvalue weighted by atomic mass is 32.2. The number of pyridine rings is 1. The number of fused-ring (bicyclic) bond motifs is 1. The molecule has 24 heavy (non-hydrogen) atoms. The van der Waals surface area contributed by atoms with Crippen molar-refractivity contribution in [2.45, 2.75) is 18.4 Å². The largest absolute Gasteiger partial charge is 0.348 e. The maximum absolute atomic E-state index is 12.2. The van der Waals surface area contributed by atoms with Crippen LogP contribution in [0.5, 0.6) is 0 Å². The van der Waals surface area contributed by atoms with Gasteiger partial charge in [-0.3, -0.25) is 9.20 Å². The Morgan fingerprint density at radius 1 is 1.17 bits per heavy atom. The number of carbonyl (C=O) groups excluding carboxylic acids is 1. The summed E-state index contributed by atoms with van der Waals surface area (Å²) in [5.41, 5.74) is 1.91. The minimum absolute atomic E-state index is 0.231. The van der Waals surface area contributed by atoms with Crippen molar-refractivity contribution in [3.8, 4) is 0 Å². The summed E-state index contributed by atoms with van der Waals surface area (Å²) in [6.45, 7) is 2.14. The third-order valence-electron chi connectivity index (χ3n) is 3.65. The van der Waals surface area contributed by atoms with E-state index in [2.05, 4.69) is 15.5 Å². The molecule has 1 N–H and O–H groups in total. The number of nitrogens with zero attached hydrogens (tertiary/aromatic N) is 3. The van der Waals surface area contributed by atoms with Crippen LogP contribution in [0.15, 0.2) is 47.5 Å². The summed E-state index contributed by atoms with van der Waals surface area (Å²) >= 11 is 0. The van der Waals surface area contributed by atoms with Gasteiger partial charge in [0.05, 0.1) is 4.90 Å². The second kappa shape index (κ2) is 6.04. The van der Waals surface area contributed by atoms with Crippen molar-refractivity contribution in [2.24, 2.45) is 0 Å². The van der Waals surface area contributed by atoms with Crippen molar-refractivity contribution in [1.29, 1.82) is 0 Å². The lowest BCUT2D eigenvalue weighted by molar-refractivity contribution is 0.0951. The number of aryl methyl sites for hydroxylation is 1. The summed E-state index contributed by atoms with van der Waals surface area (Å²) in [6.07, 6.45) is 2.91. The lowest BCUT2D eigenvalue weighted by Crippen LogP contribution is -2.22. The van der Waals surface area contributed by atoms with Gasteiger partial charge in [-0.25, -0.2) is 8.42 Å². The van der Waals surface area contributed by atoms with E-state index in [0.29, 0.717) is 17.8 Å². The second-order valence-electron chi connectivity index (χ2n) is 5.49. The molecule has 8 heteroatoms. The molecule has 1 amide bonds. The molecule has 3 aromatic rings. The summed E-state index contributed by atoms with van der Waals surface area (Å²) in [5, 5.41) is 10.7. The lowest BCUT2D eigenvalue weighted by atomic mass is 10.2. The molecule has 0 saturated carbocycles. The Bertz CT molecular complexity index is 1010. The number of rotatable bonds is 4. The molecule has 0 aliphatic heterocycles. The first-order valence-corrected chi connectivity index (χ1v) is 9.12. The quantitative estimate of drug-likeness (QED) is 0.771. The normalized spacial score (nSPS) is 11.6. The minimum Gasteiger partial charge on any atom is -0.348 e. The average molecular weight is 344 g/mol. The Balaban J connectivity index is 1.70. The first kappa shape index (κ1) is 16.1.